The number of allylic oxidation sites excluding steroid dienone is 3. The Labute approximate surface area is 136 Å². The first-order chi connectivity index (χ1) is 10.6. The zero-order chi connectivity index (χ0) is 15.9. The normalized spacial score (nSPS) is 18.7. The molecule has 0 bridgehead atoms. The Bertz CT molecular complexity index is 580. The lowest BCUT2D eigenvalue weighted by atomic mass is 9.88. The third-order valence-corrected chi connectivity index (χ3v) is 3.92. The van der Waals surface area contributed by atoms with Crippen molar-refractivity contribution in [3.63, 3.8) is 0 Å². The molecule has 0 aliphatic heterocycles. The Morgan fingerprint density at radius 3 is 2.95 bits per heavy atom. The Kier molecular flexibility index (Phi) is 6.22. The molecule has 0 amide bonds. The highest BCUT2D eigenvalue weighted by Gasteiger charge is 2.15. The Balaban J connectivity index is 1.87. The van der Waals surface area contributed by atoms with Crippen LogP contribution >= 0.6 is 11.6 Å². The summed E-state index contributed by atoms with van der Waals surface area (Å²) in [5, 5.41) is 0.761. The minimum absolute atomic E-state index is 0.197. The van der Waals surface area contributed by atoms with E-state index >= 15 is 0 Å². The van der Waals surface area contributed by atoms with Gasteiger partial charge in [0.15, 0.2) is 0 Å². The van der Waals surface area contributed by atoms with Crippen LogP contribution in [0.1, 0.15) is 37.7 Å². The van der Waals surface area contributed by atoms with E-state index in [1.54, 1.807) is 6.92 Å². The second-order valence-electron chi connectivity index (χ2n) is 5.51. The molecule has 0 saturated heterocycles. The van der Waals surface area contributed by atoms with E-state index in [0.29, 0.717) is 18.9 Å². The van der Waals surface area contributed by atoms with Crippen molar-refractivity contribution in [2.24, 2.45) is 5.73 Å². The van der Waals surface area contributed by atoms with Gasteiger partial charge < -0.3 is 10.5 Å². The number of carbonyl (C=O) groups excluding carboxylic acids is 1. The minimum Gasteiger partial charge on any atom is -0.466 e. The average Bonchev–Trinajstić information content (AvgIpc) is 2.48. The van der Waals surface area contributed by atoms with Crippen LogP contribution in [0.5, 0.6) is 0 Å². The van der Waals surface area contributed by atoms with Gasteiger partial charge in [-0.25, -0.2) is 0 Å². The average molecular weight is 320 g/mol. The minimum atomic E-state index is -0.229. The lowest BCUT2D eigenvalue weighted by molar-refractivity contribution is -0.143. The van der Waals surface area contributed by atoms with Crippen LogP contribution in [-0.4, -0.2) is 18.6 Å². The fourth-order valence-corrected chi connectivity index (χ4v) is 2.81. The largest absolute Gasteiger partial charge is 0.466 e. The number of halogens is 1. The van der Waals surface area contributed by atoms with Gasteiger partial charge in [-0.15, -0.1) is 0 Å². The number of benzene rings is 1. The molecule has 118 valence electrons. The van der Waals surface area contributed by atoms with E-state index in [4.69, 9.17) is 22.1 Å². The highest BCUT2D eigenvalue weighted by atomic mass is 35.5. The second kappa shape index (κ2) is 8.16. The number of ether oxygens (including phenoxy) is 1. The van der Waals surface area contributed by atoms with Gasteiger partial charge in [-0.05, 0) is 37.5 Å². The molecule has 0 spiro atoms. The first kappa shape index (κ1) is 16.8. The van der Waals surface area contributed by atoms with Crippen molar-refractivity contribution in [1.82, 2.24) is 0 Å². The molecule has 0 radical (unpaired) electrons. The van der Waals surface area contributed by atoms with Gasteiger partial charge in [0.2, 0.25) is 0 Å². The maximum atomic E-state index is 11.4. The monoisotopic (exact) mass is 319 g/mol. The summed E-state index contributed by atoms with van der Waals surface area (Å²) in [5.41, 5.74) is 8.40. The number of rotatable bonds is 6. The summed E-state index contributed by atoms with van der Waals surface area (Å²) < 4.78 is 4.92. The highest BCUT2D eigenvalue weighted by Crippen LogP contribution is 2.29. The molecule has 2 atom stereocenters. The van der Waals surface area contributed by atoms with Crippen LogP contribution in [-0.2, 0) is 9.53 Å². The summed E-state index contributed by atoms with van der Waals surface area (Å²) in [6.45, 7) is 2.20. The summed E-state index contributed by atoms with van der Waals surface area (Å²) in [6.07, 6.45) is 8.35. The maximum absolute atomic E-state index is 11.4. The van der Waals surface area contributed by atoms with E-state index in [1.807, 2.05) is 18.2 Å². The SMILES string of the molecule is CCOC(=O)CC(N)CC1=CCC(c2cccc(Cl)c2)C=C1. The van der Waals surface area contributed by atoms with E-state index in [0.717, 1.165) is 11.4 Å². The van der Waals surface area contributed by atoms with Crippen LogP contribution in [0.25, 0.3) is 0 Å². The van der Waals surface area contributed by atoms with Gasteiger partial charge in [0.1, 0.15) is 0 Å². The summed E-state index contributed by atoms with van der Waals surface area (Å²) in [6, 6.07) is 7.75. The van der Waals surface area contributed by atoms with Gasteiger partial charge in [-0.2, -0.15) is 0 Å². The first-order valence-electron chi connectivity index (χ1n) is 7.62. The second-order valence-corrected chi connectivity index (χ2v) is 5.95. The third kappa shape index (κ3) is 5.00. The quantitative estimate of drug-likeness (QED) is 0.807. The first-order valence-corrected chi connectivity index (χ1v) is 8.00. The third-order valence-electron chi connectivity index (χ3n) is 3.69. The Morgan fingerprint density at radius 1 is 1.50 bits per heavy atom. The molecule has 2 rings (SSSR count). The van der Waals surface area contributed by atoms with Crippen LogP contribution in [0.4, 0.5) is 0 Å². The standard InChI is InChI=1S/C18H22ClNO2/c1-2-22-18(21)12-17(20)10-13-6-8-14(9-7-13)15-4-3-5-16(19)11-15/h3-8,11,14,17H,2,9-10,12,20H2,1H3. The molecule has 22 heavy (non-hydrogen) atoms. The van der Waals surface area contributed by atoms with Gasteiger partial charge in [0.05, 0.1) is 13.0 Å². The summed E-state index contributed by atoms with van der Waals surface area (Å²) in [7, 11) is 0. The zero-order valence-corrected chi connectivity index (χ0v) is 13.6. The van der Waals surface area contributed by atoms with Gasteiger partial charge in [0, 0.05) is 17.0 Å². The van der Waals surface area contributed by atoms with E-state index < -0.39 is 0 Å². The molecule has 0 saturated carbocycles. The van der Waals surface area contributed by atoms with Crippen LogP contribution in [0.15, 0.2) is 48.1 Å². The smallest absolute Gasteiger partial charge is 0.307 e. The van der Waals surface area contributed by atoms with Crippen molar-refractivity contribution in [2.75, 3.05) is 6.61 Å². The van der Waals surface area contributed by atoms with Crippen LogP contribution in [0.3, 0.4) is 0 Å². The van der Waals surface area contributed by atoms with Gasteiger partial charge in [0.25, 0.3) is 0 Å². The van der Waals surface area contributed by atoms with E-state index in [2.05, 4.69) is 24.3 Å². The van der Waals surface area contributed by atoms with Crippen LogP contribution in [0, 0.1) is 0 Å². The molecular formula is C18H22ClNO2. The van der Waals surface area contributed by atoms with Gasteiger partial charge >= 0.3 is 5.97 Å². The molecule has 2 N–H and O–H groups in total. The zero-order valence-electron chi connectivity index (χ0n) is 12.8. The number of hydrogen-bond acceptors (Lipinski definition) is 3. The molecule has 1 aromatic carbocycles. The molecule has 1 aromatic rings. The van der Waals surface area contributed by atoms with Crippen LogP contribution < -0.4 is 5.73 Å². The van der Waals surface area contributed by atoms with Crippen molar-refractivity contribution in [3.05, 3.63) is 58.7 Å². The van der Waals surface area contributed by atoms with E-state index in [-0.39, 0.29) is 18.4 Å². The molecule has 1 aliphatic rings. The van der Waals surface area contributed by atoms with Crippen molar-refractivity contribution >= 4 is 17.6 Å². The maximum Gasteiger partial charge on any atom is 0.307 e. The predicted molar refractivity (Wildman–Crippen MR) is 89.9 cm³/mol. The lowest BCUT2D eigenvalue weighted by Gasteiger charge is -2.18. The molecule has 0 fully saturated rings. The Morgan fingerprint density at radius 2 is 2.32 bits per heavy atom. The number of hydrogen-bond donors (Lipinski definition) is 1. The topological polar surface area (TPSA) is 52.3 Å². The fourth-order valence-electron chi connectivity index (χ4n) is 2.61. The number of esters is 1. The van der Waals surface area contributed by atoms with Crippen LogP contribution in [0.2, 0.25) is 5.02 Å². The van der Waals surface area contributed by atoms with Gasteiger partial charge in [-0.1, -0.05) is 47.5 Å². The van der Waals surface area contributed by atoms with E-state index in [9.17, 15) is 4.79 Å². The predicted octanol–water partition coefficient (Wildman–Crippen LogP) is 3.98. The lowest BCUT2D eigenvalue weighted by Crippen LogP contribution is -2.25. The van der Waals surface area contributed by atoms with Crippen molar-refractivity contribution in [3.8, 4) is 0 Å². The summed E-state index contributed by atoms with van der Waals surface area (Å²) in [4.78, 5) is 11.4. The Hall–Kier alpha value is -1.58. The number of nitrogens with two attached hydrogens (primary N) is 1. The van der Waals surface area contributed by atoms with Gasteiger partial charge in [-0.3, -0.25) is 4.79 Å². The van der Waals surface area contributed by atoms with E-state index in [1.165, 1.54) is 11.1 Å². The van der Waals surface area contributed by atoms with Crippen molar-refractivity contribution in [1.29, 1.82) is 0 Å². The molecule has 4 heteroatoms. The van der Waals surface area contributed by atoms with Crippen molar-refractivity contribution in [2.45, 2.75) is 38.1 Å². The highest BCUT2D eigenvalue weighted by molar-refractivity contribution is 6.30. The summed E-state index contributed by atoms with van der Waals surface area (Å²) in [5.74, 6) is 0.121. The molecule has 3 nitrogen and oxygen atoms in total. The van der Waals surface area contributed by atoms with Crippen molar-refractivity contribution < 1.29 is 9.53 Å². The molecule has 1 aliphatic carbocycles. The molecule has 0 heterocycles. The molecular weight excluding hydrogens is 298 g/mol. The molecule has 2 unspecified atom stereocenters. The molecule has 0 aromatic heterocycles. The summed E-state index contributed by atoms with van der Waals surface area (Å²) >= 11 is 6.04. The fraction of sp³-hybridized carbons (Fsp3) is 0.389. The number of carbonyl (C=O) groups is 1.